The van der Waals surface area contributed by atoms with E-state index in [4.69, 9.17) is 4.74 Å². The Bertz CT molecular complexity index is 864. The second-order valence-corrected chi connectivity index (χ2v) is 5.98. The second kappa shape index (κ2) is 7.94. The molecular formula is C19H16F2N2O4. The minimum Gasteiger partial charge on any atom is -0.452 e. The fourth-order valence-corrected chi connectivity index (χ4v) is 2.73. The van der Waals surface area contributed by atoms with Gasteiger partial charge in [0.2, 0.25) is 5.91 Å². The van der Waals surface area contributed by atoms with Crippen LogP contribution in [0.5, 0.6) is 0 Å². The molecule has 1 aliphatic heterocycles. The van der Waals surface area contributed by atoms with Gasteiger partial charge in [0.05, 0.1) is 5.56 Å². The Morgan fingerprint density at radius 3 is 2.33 bits per heavy atom. The largest absolute Gasteiger partial charge is 0.452 e. The number of nitrogens with zero attached hydrogens (tertiary/aromatic N) is 1. The van der Waals surface area contributed by atoms with E-state index in [1.165, 1.54) is 0 Å². The zero-order valence-corrected chi connectivity index (χ0v) is 14.2. The summed E-state index contributed by atoms with van der Waals surface area (Å²) in [5.74, 6) is -3.38. The monoisotopic (exact) mass is 374 g/mol. The van der Waals surface area contributed by atoms with Crippen LogP contribution in [0, 0.1) is 11.6 Å². The Kier molecular flexibility index (Phi) is 5.44. The van der Waals surface area contributed by atoms with Crippen LogP contribution in [-0.2, 0) is 14.3 Å². The number of rotatable bonds is 5. The lowest BCUT2D eigenvalue weighted by atomic mass is 10.2. The topological polar surface area (TPSA) is 75.7 Å². The van der Waals surface area contributed by atoms with E-state index >= 15 is 0 Å². The van der Waals surface area contributed by atoms with Crippen LogP contribution < -0.4 is 10.2 Å². The molecule has 1 aliphatic rings. The van der Waals surface area contributed by atoms with Crippen molar-refractivity contribution in [1.29, 1.82) is 0 Å². The summed E-state index contributed by atoms with van der Waals surface area (Å²) in [5, 5.41) is 2.53. The van der Waals surface area contributed by atoms with Gasteiger partial charge in [0, 0.05) is 30.4 Å². The minimum atomic E-state index is -1.01. The maximum Gasteiger partial charge on any atom is 0.338 e. The zero-order valence-electron chi connectivity index (χ0n) is 14.2. The summed E-state index contributed by atoms with van der Waals surface area (Å²) in [4.78, 5) is 37.0. The van der Waals surface area contributed by atoms with E-state index in [9.17, 15) is 23.2 Å². The van der Waals surface area contributed by atoms with Gasteiger partial charge in [-0.15, -0.1) is 0 Å². The molecule has 0 aliphatic carbocycles. The summed E-state index contributed by atoms with van der Waals surface area (Å²) < 4.78 is 30.9. The van der Waals surface area contributed by atoms with Crippen LogP contribution in [0.3, 0.4) is 0 Å². The molecule has 1 saturated heterocycles. The summed E-state index contributed by atoms with van der Waals surface area (Å²) in [5.41, 5.74) is 0.887. The molecule has 2 aromatic carbocycles. The lowest BCUT2D eigenvalue weighted by Gasteiger charge is -2.16. The molecule has 0 radical (unpaired) electrons. The van der Waals surface area contributed by atoms with Crippen LogP contribution in [0.2, 0.25) is 0 Å². The molecule has 6 nitrogen and oxygen atoms in total. The first kappa shape index (κ1) is 18.5. The summed E-state index contributed by atoms with van der Waals surface area (Å²) in [7, 11) is 0. The average molecular weight is 374 g/mol. The molecule has 0 bridgehead atoms. The molecule has 2 aromatic rings. The van der Waals surface area contributed by atoms with Crippen molar-refractivity contribution < 1.29 is 27.9 Å². The van der Waals surface area contributed by atoms with Crippen LogP contribution in [0.25, 0.3) is 0 Å². The number of ether oxygens (including phenoxy) is 1. The molecule has 2 amide bonds. The predicted molar refractivity (Wildman–Crippen MR) is 93.3 cm³/mol. The first-order chi connectivity index (χ1) is 12.9. The smallest absolute Gasteiger partial charge is 0.338 e. The second-order valence-electron chi connectivity index (χ2n) is 5.98. The first-order valence-electron chi connectivity index (χ1n) is 8.26. The third kappa shape index (κ3) is 4.66. The van der Waals surface area contributed by atoms with Gasteiger partial charge in [-0.3, -0.25) is 9.59 Å². The lowest BCUT2D eigenvalue weighted by molar-refractivity contribution is -0.119. The predicted octanol–water partition coefficient (Wildman–Crippen LogP) is 2.89. The third-order valence-corrected chi connectivity index (χ3v) is 3.97. The van der Waals surface area contributed by atoms with Crippen molar-refractivity contribution in [2.75, 3.05) is 23.4 Å². The summed E-state index contributed by atoms with van der Waals surface area (Å²) in [6, 6.07) is 8.94. The molecule has 0 atom stereocenters. The Morgan fingerprint density at radius 2 is 1.74 bits per heavy atom. The van der Waals surface area contributed by atoms with Crippen LogP contribution in [0.4, 0.5) is 20.2 Å². The quantitative estimate of drug-likeness (QED) is 0.817. The maximum atomic E-state index is 13.1. The summed E-state index contributed by atoms with van der Waals surface area (Å²) in [6.07, 6.45) is 1.34. The van der Waals surface area contributed by atoms with Gasteiger partial charge in [-0.2, -0.15) is 0 Å². The van der Waals surface area contributed by atoms with Crippen LogP contribution in [-0.4, -0.2) is 30.9 Å². The standard InChI is InChI=1S/C19H16F2N2O4/c20-13-8-12(9-14(21)10-13)19(26)27-11-17(24)22-15-3-5-16(6-4-15)23-7-1-2-18(23)25/h3-6,8-10H,1-2,7,11H2,(H,22,24). The molecular weight excluding hydrogens is 358 g/mol. The van der Waals surface area contributed by atoms with Crippen molar-refractivity contribution in [3.05, 3.63) is 59.7 Å². The fourth-order valence-electron chi connectivity index (χ4n) is 2.73. The molecule has 8 heteroatoms. The average Bonchev–Trinajstić information content (AvgIpc) is 3.05. The van der Waals surface area contributed by atoms with E-state index < -0.39 is 30.1 Å². The van der Waals surface area contributed by atoms with E-state index in [1.807, 2.05) is 0 Å². The third-order valence-electron chi connectivity index (χ3n) is 3.97. The van der Waals surface area contributed by atoms with Gasteiger partial charge < -0.3 is 15.0 Å². The van der Waals surface area contributed by atoms with Gasteiger partial charge >= 0.3 is 5.97 Å². The maximum absolute atomic E-state index is 13.1. The Labute approximate surface area is 153 Å². The molecule has 0 aromatic heterocycles. The molecule has 1 N–H and O–H groups in total. The highest BCUT2D eigenvalue weighted by Gasteiger charge is 2.21. The molecule has 27 heavy (non-hydrogen) atoms. The first-order valence-corrected chi connectivity index (χ1v) is 8.26. The van der Waals surface area contributed by atoms with Crippen molar-refractivity contribution in [3.63, 3.8) is 0 Å². The van der Waals surface area contributed by atoms with Crippen molar-refractivity contribution >= 4 is 29.2 Å². The summed E-state index contributed by atoms with van der Waals surface area (Å²) in [6.45, 7) is 0.0600. The van der Waals surface area contributed by atoms with Gasteiger partial charge in [0.25, 0.3) is 5.91 Å². The van der Waals surface area contributed by atoms with Gasteiger partial charge in [0.15, 0.2) is 6.61 Å². The number of carbonyl (C=O) groups is 3. The lowest BCUT2D eigenvalue weighted by Crippen LogP contribution is -2.24. The number of esters is 1. The Hall–Kier alpha value is -3.29. The van der Waals surface area contributed by atoms with E-state index in [-0.39, 0.29) is 11.5 Å². The normalized spacial score (nSPS) is 13.6. The van der Waals surface area contributed by atoms with Crippen molar-refractivity contribution in [3.8, 4) is 0 Å². The van der Waals surface area contributed by atoms with Crippen LogP contribution in [0.1, 0.15) is 23.2 Å². The van der Waals surface area contributed by atoms with Crippen LogP contribution in [0.15, 0.2) is 42.5 Å². The van der Waals surface area contributed by atoms with Crippen molar-refractivity contribution in [1.82, 2.24) is 0 Å². The minimum absolute atomic E-state index is 0.0625. The molecule has 140 valence electrons. The van der Waals surface area contributed by atoms with E-state index in [0.717, 1.165) is 24.2 Å². The number of nitrogens with one attached hydrogen (secondary N) is 1. The van der Waals surface area contributed by atoms with Crippen LogP contribution >= 0.6 is 0 Å². The van der Waals surface area contributed by atoms with E-state index in [1.54, 1.807) is 29.2 Å². The fraction of sp³-hybridized carbons (Fsp3) is 0.211. The van der Waals surface area contributed by atoms with Crippen molar-refractivity contribution in [2.45, 2.75) is 12.8 Å². The zero-order chi connectivity index (χ0) is 19.4. The highest BCUT2D eigenvalue weighted by Crippen LogP contribution is 2.23. The number of benzene rings is 2. The number of carbonyl (C=O) groups excluding carboxylic acids is 3. The number of hydrogen-bond acceptors (Lipinski definition) is 4. The van der Waals surface area contributed by atoms with Gasteiger partial charge in [-0.25, -0.2) is 13.6 Å². The number of hydrogen-bond donors (Lipinski definition) is 1. The molecule has 0 saturated carbocycles. The Morgan fingerprint density at radius 1 is 1.07 bits per heavy atom. The van der Waals surface area contributed by atoms with E-state index in [2.05, 4.69) is 5.32 Å². The van der Waals surface area contributed by atoms with Crippen molar-refractivity contribution in [2.24, 2.45) is 0 Å². The Balaban J connectivity index is 1.53. The van der Waals surface area contributed by atoms with Gasteiger partial charge in [-0.1, -0.05) is 0 Å². The molecule has 3 rings (SSSR count). The SMILES string of the molecule is O=C(COC(=O)c1cc(F)cc(F)c1)Nc1ccc(N2CCCC2=O)cc1. The highest BCUT2D eigenvalue weighted by atomic mass is 19.1. The van der Waals surface area contributed by atoms with E-state index in [0.29, 0.717) is 24.7 Å². The molecule has 0 spiro atoms. The van der Waals surface area contributed by atoms with Gasteiger partial charge in [-0.05, 0) is 42.8 Å². The number of anilines is 2. The molecule has 1 fully saturated rings. The number of amides is 2. The van der Waals surface area contributed by atoms with Gasteiger partial charge in [0.1, 0.15) is 11.6 Å². The summed E-state index contributed by atoms with van der Waals surface area (Å²) >= 11 is 0. The molecule has 1 heterocycles. The molecule has 0 unspecified atom stereocenters. The highest BCUT2D eigenvalue weighted by molar-refractivity contribution is 5.97. The number of halogens is 2.